The third-order valence-corrected chi connectivity index (χ3v) is 3.70. The molecular formula is C12H16N2O4. The molecule has 1 saturated carbocycles. The van der Waals surface area contributed by atoms with Crippen molar-refractivity contribution in [3.8, 4) is 0 Å². The van der Waals surface area contributed by atoms with Gasteiger partial charge in [-0.25, -0.2) is 4.98 Å². The zero-order valence-electron chi connectivity index (χ0n) is 10.4. The van der Waals surface area contributed by atoms with Crippen molar-refractivity contribution in [2.24, 2.45) is 5.41 Å². The molecule has 0 aromatic carbocycles. The molecule has 6 heteroatoms. The number of nitrogens with zero attached hydrogens (tertiary/aromatic N) is 1. The number of carboxylic acids is 1. The van der Waals surface area contributed by atoms with E-state index in [-0.39, 0.29) is 11.8 Å². The topological polar surface area (TPSA) is 92.4 Å². The van der Waals surface area contributed by atoms with E-state index in [0.29, 0.717) is 18.5 Å². The summed E-state index contributed by atoms with van der Waals surface area (Å²) in [7, 11) is 0. The second-order valence-corrected chi connectivity index (χ2v) is 4.91. The average molecular weight is 252 g/mol. The largest absolute Gasteiger partial charge is 0.481 e. The third-order valence-electron chi connectivity index (χ3n) is 3.70. The number of hydrogen-bond acceptors (Lipinski definition) is 4. The molecule has 1 heterocycles. The van der Waals surface area contributed by atoms with Crippen LogP contribution in [0.3, 0.4) is 0 Å². The van der Waals surface area contributed by atoms with E-state index >= 15 is 0 Å². The molecule has 98 valence electrons. The number of hydrogen-bond donors (Lipinski definition) is 2. The smallest absolute Gasteiger partial charge is 0.311 e. The van der Waals surface area contributed by atoms with Gasteiger partial charge in [-0.1, -0.05) is 6.42 Å². The molecule has 1 amide bonds. The van der Waals surface area contributed by atoms with Gasteiger partial charge in [-0.3, -0.25) is 9.59 Å². The van der Waals surface area contributed by atoms with Crippen LogP contribution in [0.25, 0.3) is 0 Å². The monoisotopic (exact) mass is 252 g/mol. The van der Waals surface area contributed by atoms with Gasteiger partial charge in [0.25, 0.3) is 5.91 Å². The quantitative estimate of drug-likeness (QED) is 0.847. The number of oxazole rings is 1. The fourth-order valence-electron chi connectivity index (χ4n) is 2.40. The summed E-state index contributed by atoms with van der Waals surface area (Å²) in [6.07, 6.45) is 3.24. The van der Waals surface area contributed by atoms with Crippen molar-refractivity contribution in [1.82, 2.24) is 10.3 Å². The molecule has 2 N–H and O–H groups in total. The standard InChI is InChI=1S/C12H16N2O4/c1-7-9(18-6-13-7)10(15)14-8-4-3-5-12(8,2)11(16)17/h6,8H,3-5H2,1-2H3,(H,14,15)(H,16,17). The Bertz CT molecular complexity index is 482. The van der Waals surface area contributed by atoms with Gasteiger partial charge < -0.3 is 14.8 Å². The van der Waals surface area contributed by atoms with Crippen LogP contribution in [0.15, 0.2) is 10.8 Å². The first-order valence-electron chi connectivity index (χ1n) is 5.89. The van der Waals surface area contributed by atoms with Crippen molar-refractivity contribution in [3.05, 3.63) is 17.8 Å². The van der Waals surface area contributed by atoms with Crippen LogP contribution in [0.5, 0.6) is 0 Å². The van der Waals surface area contributed by atoms with Crippen LogP contribution >= 0.6 is 0 Å². The van der Waals surface area contributed by atoms with E-state index in [2.05, 4.69) is 10.3 Å². The lowest BCUT2D eigenvalue weighted by atomic mass is 9.85. The fraction of sp³-hybridized carbons (Fsp3) is 0.583. The Labute approximate surface area is 104 Å². The minimum Gasteiger partial charge on any atom is -0.481 e. The number of carboxylic acid groups (broad SMARTS) is 1. The van der Waals surface area contributed by atoms with Crippen molar-refractivity contribution in [1.29, 1.82) is 0 Å². The average Bonchev–Trinajstić information content (AvgIpc) is 2.87. The molecule has 1 aromatic heterocycles. The van der Waals surface area contributed by atoms with Crippen molar-refractivity contribution < 1.29 is 19.1 Å². The molecule has 1 fully saturated rings. The minimum absolute atomic E-state index is 0.148. The predicted molar refractivity (Wildman–Crippen MR) is 62.1 cm³/mol. The molecule has 2 unspecified atom stereocenters. The van der Waals surface area contributed by atoms with Crippen molar-refractivity contribution >= 4 is 11.9 Å². The van der Waals surface area contributed by atoms with Gasteiger partial charge >= 0.3 is 5.97 Å². The summed E-state index contributed by atoms with van der Waals surface area (Å²) < 4.78 is 4.99. The van der Waals surface area contributed by atoms with Crippen molar-refractivity contribution in [3.63, 3.8) is 0 Å². The summed E-state index contributed by atoms with van der Waals surface area (Å²) in [6.45, 7) is 3.34. The van der Waals surface area contributed by atoms with Crippen LogP contribution in [0, 0.1) is 12.3 Å². The second kappa shape index (κ2) is 4.44. The summed E-state index contributed by atoms with van der Waals surface area (Å²) in [5.41, 5.74) is -0.397. The lowest BCUT2D eigenvalue weighted by Crippen LogP contribution is -2.47. The molecule has 18 heavy (non-hydrogen) atoms. The minimum atomic E-state index is -0.899. The number of nitrogens with one attached hydrogen (secondary N) is 1. The van der Waals surface area contributed by atoms with Gasteiger partial charge in [0.2, 0.25) is 5.76 Å². The lowest BCUT2D eigenvalue weighted by Gasteiger charge is -2.27. The van der Waals surface area contributed by atoms with E-state index in [1.807, 2.05) is 0 Å². The summed E-state index contributed by atoms with van der Waals surface area (Å²) in [5, 5.41) is 12.0. The Morgan fingerprint density at radius 2 is 2.33 bits per heavy atom. The number of aryl methyl sites for hydroxylation is 1. The van der Waals surface area contributed by atoms with Gasteiger partial charge in [-0.05, 0) is 26.7 Å². The predicted octanol–water partition coefficient (Wildman–Crippen LogP) is 1.36. The molecule has 2 atom stereocenters. The molecule has 0 radical (unpaired) electrons. The maximum Gasteiger partial charge on any atom is 0.311 e. The van der Waals surface area contributed by atoms with E-state index in [1.54, 1.807) is 13.8 Å². The summed E-state index contributed by atoms with van der Waals surface area (Å²) in [5.74, 6) is -1.13. The molecule has 0 spiro atoms. The van der Waals surface area contributed by atoms with Crippen LogP contribution in [0.2, 0.25) is 0 Å². The maximum absolute atomic E-state index is 12.0. The maximum atomic E-state index is 12.0. The summed E-state index contributed by atoms with van der Waals surface area (Å²) in [4.78, 5) is 27.1. The molecule has 1 aliphatic carbocycles. The van der Waals surface area contributed by atoms with Gasteiger partial charge in [0.15, 0.2) is 6.39 Å². The summed E-state index contributed by atoms with van der Waals surface area (Å²) in [6, 6.07) is -0.369. The Hall–Kier alpha value is -1.85. The third kappa shape index (κ3) is 1.98. The van der Waals surface area contributed by atoms with Crippen molar-refractivity contribution in [2.75, 3.05) is 0 Å². The second-order valence-electron chi connectivity index (χ2n) is 4.91. The lowest BCUT2D eigenvalue weighted by molar-refractivity contribution is -0.148. The van der Waals surface area contributed by atoms with E-state index in [9.17, 15) is 14.7 Å². The summed E-state index contributed by atoms with van der Waals surface area (Å²) >= 11 is 0. The molecule has 0 aliphatic heterocycles. The van der Waals surface area contributed by atoms with Gasteiger partial charge in [0.05, 0.1) is 11.1 Å². The van der Waals surface area contributed by atoms with E-state index < -0.39 is 17.3 Å². The van der Waals surface area contributed by atoms with E-state index in [0.717, 1.165) is 6.42 Å². The van der Waals surface area contributed by atoms with Gasteiger partial charge in [0.1, 0.15) is 0 Å². The number of aliphatic carboxylic acids is 1. The molecule has 6 nitrogen and oxygen atoms in total. The van der Waals surface area contributed by atoms with Gasteiger partial charge in [-0.2, -0.15) is 0 Å². The van der Waals surface area contributed by atoms with Crippen LogP contribution in [-0.4, -0.2) is 28.0 Å². The number of carbonyl (C=O) groups excluding carboxylic acids is 1. The zero-order valence-corrected chi connectivity index (χ0v) is 10.4. The highest BCUT2D eigenvalue weighted by Crippen LogP contribution is 2.38. The van der Waals surface area contributed by atoms with Crippen LogP contribution in [0.1, 0.15) is 42.4 Å². The Balaban J connectivity index is 2.13. The van der Waals surface area contributed by atoms with Gasteiger partial charge in [-0.15, -0.1) is 0 Å². The number of aromatic nitrogens is 1. The number of rotatable bonds is 3. The van der Waals surface area contributed by atoms with Gasteiger partial charge in [0, 0.05) is 6.04 Å². The Morgan fingerprint density at radius 3 is 2.89 bits per heavy atom. The normalized spacial score (nSPS) is 27.1. The molecule has 0 bridgehead atoms. The molecule has 1 aliphatic rings. The molecule has 2 rings (SSSR count). The highest BCUT2D eigenvalue weighted by Gasteiger charge is 2.46. The number of amides is 1. The highest BCUT2D eigenvalue weighted by atomic mass is 16.4. The highest BCUT2D eigenvalue weighted by molar-refractivity contribution is 5.93. The Kier molecular flexibility index (Phi) is 3.11. The molecule has 0 saturated heterocycles. The van der Waals surface area contributed by atoms with Crippen LogP contribution in [-0.2, 0) is 4.79 Å². The first-order valence-corrected chi connectivity index (χ1v) is 5.89. The van der Waals surface area contributed by atoms with Crippen LogP contribution in [0.4, 0.5) is 0 Å². The first-order chi connectivity index (χ1) is 8.45. The van der Waals surface area contributed by atoms with E-state index in [4.69, 9.17) is 4.42 Å². The van der Waals surface area contributed by atoms with Crippen LogP contribution < -0.4 is 5.32 Å². The first kappa shape index (κ1) is 12.6. The molecule has 1 aromatic rings. The Morgan fingerprint density at radius 1 is 1.61 bits per heavy atom. The fourth-order valence-corrected chi connectivity index (χ4v) is 2.40. The number of carbonyl (C=O) groups is 2. The van der Waals surface area contributed by atoms with E-state index in [1.165, 1.54) is 6.39 Å². The SMILES string of the molecule is Cc1ncoc1C(=O)NC1CCCC1(C)C(=O)O. The van der Waals surface area contributed by atoms with Crippen molar-refractivity contribution in [2.45, 2.75) is 39.2 Å². The zero-order chi connectivity index (χ0) is 13.3. The molecular weight excluding hydrogens is 236 g/mol.